The number of amides is 1. The number of Topliss-reactive ketones (excluding diaryl/α,β-unsaturated/α-hetero) is 1. The van der Waals surface area contributed by atoms with Gasteiger partial charge >= 0.3 is 0 Å². The molecule has 0 radical (unpaired) electrons. The van der Waals surface area contributed by atoms with E-state index in [1.165, 1.54) is 7.11 Å². The molecule has 0 aliphatic carbocycles. The highest BCUT2D eigenvalue weighted by Gasteiger charge is 2.14. The fourth-order valence-electron chi connectivity index (χ4n) is 2.05. The Morgan fingerprint density at radius 2 is 1.96 bits per heavy atom. The van der Waals surface area contributed by atoms with Crippen LogP contribution in [-0.2, 0) is 4.79 Å². The molecule has 0 fully saturated rings. The molecule has 4 nitrogen and oxygen atoms in total. The highest BCUT2D eigenvalue weighted by Crippen LogP contribution is 2.24. The van der Waals surface area contributed by atoms with Gasteiger partial charge in [0.15, 0.2) is 5.78 Å². The maximum atomic E-state index is 12.3. The van der Waals surface area contributed by atoms with Gasteiger partial charge in [0, 0.05) is 28.0 Å². The smallest absolute Gasteiger partial charge is 0.224 e. The molecule has 0 atom stereocenters. The van der Waals surface area contributed by atoms with E-state index in [1.807, 2.05) is 12.1 Å². The zero-order valence-corrected chi connectivity index (χ0v) is 14.8. The topological polar surface area (TPSA) is 55.4 Å². The molecule has 2 aromatic rings. The molecular formula is C17H15BrClNO3. The second kappa shape index (κ2) is 8.13. The van der Waals surface area contributed by atoms with E-state index in [1.54, 1.807) is 30.3 Å². The van der Waals surface area contributed by atoms with Crippen LogP contribution in [0.4, 0.5) is 5.69 Å². The van der Waals surface area contributed by atoms with Crippen molar-refractivity contribution in [1.82, 2.24) is 0 Å². The maximum Gasteiger partial charge on any atom is 0.224 e. The van der Waals surface area contributed by atoms with Crippen LogP contribution in [0.15, 0.2) is 46.9 Å². The van der Waals surface area contributed by atoms with Gasteiger partial charge in [0.2, 0.25) is 5.91 Å². The number of anilines is 1. The van der Waals surface area contributed by atoms with Crippen molar-refractivity contribution in [3.05, 3.63) is 57.5 Å². The second-order valence-electron chi connectivity index (χ2n) is 4.83. The lowest BCUT2D eigenvalue weighted by molar-refractivity contribution is -0.116. The zero-order valence-electron chi connectivity index (χ0n) is 12.4. The summed E-state index contributed by atoms with van der Waals surface area (Å²) in [6.45, 7) is 0. The summed E-state index contributed by atoms with van der Waals surface area (Å²) in [5.74, 6) is 0.0398. The molecule has 2 rings (SSSR count). The van der Waals surface area contributed by atoms with Gasteiger partial charge in [-0.3, -0.25) is 9.59 Å². The lowest BCUT2D eigenvalue weighted by Gasteiger charge is -2.08. The number of carbonyl (C=O) groups is 2. The third kappa shape index (κ3) is 5.08. The molecule has 0 aliphatic rings. The number of ether oxygens (including phenoxy) is 1. The van der Waals surface area contributed by atoms with Gasteiger partial charge in [0.25, 0.3) is 0 Å². The molecule has 0 spiro atoms. The normalized spacial score (nSPS) is 10.2. The van der Waals surface area contributed by atoms with E-state index < -0.39 is 0 Å². The van der Waals surface area contributed by atoms with Gasteiger partial charge in [0.05, 0.1) is 12.7 Å². The van der Waals surface area contributed by atoms with Crippen LogP contribution in [0.1, 0.15) is 23.2 Å². The van der Waals surface area contributed by atoms with E-state index in [9.17, 15) is 9.59 Å². The first-order chi connectivity index (χ1) is 11.0. The number of methoxy groups -OCH3 is 1. The molecule has 120 valence electrons. The Morgan fingerprint density at radius 1 is 1.17 bits per heavy atom. The Labute approximate surface area is 147 Å². The third-order valence-corrected chi connectivity index (χ3v) is 3.88. The molecule has 23 heavy (non-hydrogen) atoms. The van der Waals surface area contributed by atoms with Crippen molar-refractivity contribution < 1.29 is 14.3 Å². The second-order valence-corrected chi connectivity index (χ2v) is 6.18. The Bertz CT molecular complexity index is 734. The van der Waals surface area contributed by atoms with E-state index in [0.29, 0.717) is 22.0 Å². The first-order valence-corrected chi connectivity index (χ1v) is 8.09. The molecule has 0 unspecified atom stereocenters. The van der Waals surface area contributed by atoms with E-state index >= 15 is 0 Å². The van der Waals surface area contributed by atoms with Crippen molar-refractivity contribution in [2.24, 2.45) is 0 Å². The van der Waals surface area contributed by atoms with E-state index in [2.05, 4.69) is 21.2 Å². The standard InChI is InChI=1S/C17H15BrClNO3/c1-23-16-7-5-12(19)10-14(16)15(21)6-8-17(22)20-13-4-2-3-11(18)9-13/h2-5,7,9-10H,6,8H2,1H3,(H,20,22). The van der Waals surface area contributed by atoms with Gasteiger partial charge in [0.1, 0.15) is 5.75 Å². The molecule has 0 heterocycles. The third-order valence-electron chi connectivity index (χ3n) is 3.15. The van der Waals surface area contributed by atoms with Gasteiger partial charge in [-0.1, -0.05) is 33.6 Å². The first kappa shape index (κ1) is 17.5. The number of hydrogen-bond donors (Lipinski definition) is 1. The maximum absolute atomic E-state index is 12.3. The molecule has 1 N–H and O–H groups in total. The van der Waals surface area contributed by atoms with E-state index in [-0.39, 0.29) is 24.5 Å². The van der Waals surface area contributed by atoms with Crippen LogP contribution in [0.3, 0.4) is 0 Å². The predicted molar refractivity (Wildman–Crippen MR) is 94.3 cm³/mol. The minimum absolute atomic E-state index is 0.0799. The summed E-state index contributed by atoms with van der Waals surface area (Å²) < 4.78 is 6.02. The van der Waals surface area contributed by atoms with Gasteiger partial charge in [-0.2, -0.15) is 0 Å². The van der Waals surface area contributed by atoms with Crippen molar-refractivity contribution in [3.8, 4) is 5.75 Å². The molecule has 1 amide bonds. The molecule has 6 heteroatoms. The Balaban J connectivity index is 1.96. The minimum atomic E-state index is -0.225. The van der Waals surface area contributed by atoms with Gasteiger partial charge < -0.3 is 10.1 Å². The zero-order chi connectivity index (χ0) is 16.8. The summed E-state index contributed by atoms with van der Waals surface area (Å²) in [6.07, 6.45) is 0.164. The Hall–Kier alpha value is -1.85. The van der Waals surface area contributed by atoms with Crippen molar-refractivity contribution >= 4 is 44.9 Å². The molecule has 0 aromatic heterocycles. The molecule has 0 saturated carbocycles. The van der Waals surface area contributed by atoms with Crippen LogP contribution >= 0.6 is 27.5 Å². The minimum Gasteiger partial charge on any atom is -0.496 e. The lowest BCUT2D eigenvalue weighted by atomic mass is 10.1. The lowest BCUT2D eigenvalue weighted by Crippen LogP contribution is -2.13. The summed E-state index contributed by atoms with van der Waals surface area (Å²) in [6, 6.07) is 12.1. The van der Waals surface area contributed by atoms with Crippen molar-refractivity contribution in [1.29, 1.82) is 0 Å². The van der Waals surface area contributed by atoms with Crippen molar-refractivity contribution in [3.63, 3.8) is 0 Å². The van der Waals surface area contributed by atoms with Crippen LogP contribution in [-0.4, -0.2) is 18.8 Å². The van der Waals surface area contributed by atoms with Crippen LogP contribution in [0.25, 0.3) is 0 Å². The average molecular weight is 397 g/mol. The fourth-order valence-corrected chi connectivity index (χ4v) is 2.62. The van der Waals surface area contributed by atoms with Crippen LogP contribution in [0.2, 0.25) is 5.02 Å². The summed E-state index contributed by atoms with van der Waals surface area (Å²) in [4.78, 5) is 24.2. The highest BCUT2D eigenvalue weighted by molar-refractivity contribution is 9.10. The number of carbonyl (C=O) groups excluding carboxylic acids is 2. The largest absolute Gasteiger partial charge is 0.496 e. The molecular weight excluding hydrogens is 382 g/mol. The fraction of sp³-hybridized carbons (Fsp3) is 0.176. The number of benzene rings is 2. The number of hydrogen-bond acceptors (Lipinski definition) is 3. The van der Waals surface area contributed by atoms with Crippen molar-refractivity contribution in [2.45, 2.75) is 12.8 Å². The monoisotopic (exact) mass is 395 g/mol. The number of rotatable bonds is 6. The van der Waals surface area contributed by atoms with E-state index in [4.69, 9.17) is 16.3 Å². The highest BCUT2D eigenvalue weighted by atomic mass is 79.9. The Kier molecular flexibility index (Phi) is 6.19. The van der Waals surface area contributed by atoms with Crippen LogP contribution in [0.5, 0.6) is 5.75 Å². The van der Waals surface area contributed by atoms with Gasteiger partial charge in [-0.15, -0.1) is 0 Å². The summed E-state index contributed by atoms with van der Waals surface area (Å²) >= 11 is 9.25. The molecule has 0 saturated heterocycles. The number of halogens is 2. The molecule has 0 aliphatic heterocycles. The average Bonchev–Trinajstić information content (AvgIpc) is 2.52. The number of ketones is 1. The van der Waals surface area contributed by atoms with Crippen LogP contribution < -0.4 is 10.1 Å². The number of nitrogens with one attached hydrogen (secondary N) is 1. The quantitative estimate of drug-likeness (QED) is 0.719. The molecule has 0 bridgehead atoms. The summed E-state index contributed by atoms with van der Waals surface area (Å²) in [5.41, 5.74) is 1.06. The first-order valence-electron chi connectivity index (χ1n) is 6.92. The van der Waals surface area contributed by atoms with Gasteiger partial charge in [-0.25, -0.2) is 0 Å². The Morgan fingerprint density at radius 3 is 2.65 bits per heavy atom. The summed E-state index contributed by atoms with van der Waals surface area (Å²) in [5, 5.41) is 3.20. The molecule has 2 aromatic carbocycles. The van der Waals surface area contributed by atoms with Crippen LogP contribution in [0, 0.1) is 0 Å². The van der Waals surface area contributed by atoms with Crippen molar-refractivity contribution in [2.75, 3.05) is 12.4 Å². The summed E-state index contributed by atoms with van der Waals surface area (Å²) in [7, 11) is 1.49. The van der Waals surface area contributed by atoms with E-state index in [0.717, 1.165) is 4.47 Å². The van der Waals surface area contributed by atoms with Gasteiger partial charge in [-0.05, 0) is 36.4 Å². The SMILES string of the molecule is COc1ccc(Cl)cc1C(=O)CCC(=O)Nc1cccc(Br)c1. The predicted octanol–water partition coefficient (Wildman–Crippen LogP) is 4.71.